The fraction of sp³-hybridized carbons (Fsp3) is 0.188. The molecule has 2 aliphatic heterocycles. The largest absolute Gasteiger partial charge is 0.508 e. The summed E-state index contributed by atoms with van der Waals surface area (Å²) in [6, 6.07) is 17.5. The standard InChI is InChI=1S/C32H26O10/c1-38-20-11-21(34)29-22(35)13-24(41-26(29)12-20)17-5-9-19(10-6-17)40-32-28(39-2)15-27-30(31(32)37)23(36)14-25(42-27)16-3-7-18(33)8-4-16/h3-12,15,24-25,33-34,37H,13-14H2,1-2H3. The molecule has 2 atom stereocenters. The number of carbonyl (C=O) groups excluding carboxylic acids is 2. The Bertz CT molecular complexity index is 1690. The molecule has 10 nitrogen and oxygen atoms in total. The van der Waals surface area contributed by atoms with Gasteiger partial charge in [0.05, 0.1) is 27.1 Å². The highest BCUT2D eigenvalue weighted by Crippen LogP contribution is 2.50. The number of fused-ring (bicyclic) bond motifs is 2. The molecule has 6 rings (SSSR count). The van der Waals surface area contributed by atoms with E-state index in [0.717, 1.165) is 0 Å². The van der Waals surface area contributed by atoms with Gasteiger partial charge in [0, 0.05) is 18.2 Å². The van der Waals surface area contributed by atoms with Gasteiger partial charge in [0.25, 0.3) is 0 Å². The average molecular weight is 571 g/mol. The maximum absolute atomic E-state index is 13.1. The van der Waals surface area contributed by atoms with Crippen molar-refractivity contribution in [3.63, 3.8) is 0 Å². The van der Waals surface area contributed by atoms with Crippen LogP contribution in [0.4, 0.5) is 0 Å². The molecule has 10 heteroatoms. The van der Waals surface area contributed by atoms with E-state index in [-0.39, 0.29) is 70.0 Å². The fourth-order valence-corrected chi connectivity index (χ4v) is 5.14. The number of rotatable bonds is 6. The van der Waals surface area contributed by atoms with Crippen molar-refractivity contribution in [1.82, 2.24) is 0 Å². The van der Waals surface area contributed by atoms with Crippen LogP contribution in [-0.4, -0.2) is 41.1 Å². The summed E-state index contributed by atoms with van der Waals surface area (Å²) in [6.07, 6.45) is -1.19. The molecule has 0 radical (unpaired) electrons. The number of Topliss-reactive ketones (excluding diaryl/α,β-unsaturated/α-hetero) is 2. The zero-order valence-electron chi connectivity index (χ0n) is 22.6. The van der Waals surface area contributed by atoms with Crippen molar-refractivity contribution in [3.8, 4) is 51.7 Å². The minimum Gasteiger partial charge on any atom is -0.508 e. The molecule has 3 N–H and O–H groups in total. The third-order valence-electron chi connectivity index (χ3n) is 7.27. The van der Waals surface area contributed by atoms with Crippen LogP contribution in [0, 0.1) is 0 Å². The third kappa shape index (κ3) is 4.77. The van der Waals surface area contributed by atoms with Crippen LogP contribution in [0.3, 0.4) is 0 Å². The van der Waals surface area contributed by atoms with Gasteiger partial charge < -0.3 is 39.0 Å². The number of hydrogen-bond acceptors (Lipinski definition) is 10. The van der Waals surface area contributed by atoms with Gasteiger partial charge in [-0.1, -0.05) is 24.3 Å². The van der Waals surface area contributed by atoms with Crippen LogP contribution in [0.2, 0.25) is 0 Å². The van der Waals surface area contributed by atoms with Gasteiger partial charge in [0.15, 0.2) is 23.1 Å². The van der Waals surface area contributed by atoms with E-state index >= 15 is 0 Å². The normalized spacial score (nSPS) is 17.4. The maximum atomic E-state index is 13.1. The highest BCUT2D eigenvalue weighted by molar-refractivity contribution is 6.04. The molecule has 0 spiro atoms. The quantitative estimate of drug-likeness (QED) is 0.252. The van der Waals surface area contributed by atoms with E-state index in [1.54, 1.807) is 42.5 Å². The van der Waals surface area contributed by atoms with Crippen molar-refractivity contribution in [1.29, 1.82) is 0 Å². The second-order valence-electron chi connectivity index (χ2n) is 9.88. The van der Waals surface area contributed by atoms with Crippen LogP contribution in [0.5, 0.6) is 51.7 Å². The number of benzene rings is 4. The second kappa shape index (κ2) is 10.5. The first kappa shape index (κ1) is 26.8. The second-order valence-corrected chi connectivity index (χ2v) is 9.88. The molecule has 0 saturated carbocycles. The SMILES string of the molecule is COc1cc(O)c2c(c1)OC(c1ccc(Oc3c(OC)cc4c(c3O)C(=O)CC(c3ccc(O)cc3)O4)cc1)CC2=O. The first-order chi connectivity index (χ1) is 20.2. The number of aromatic hydroxyl groups is 3. The summed E-state index contributed by atoms with van der Waals surface area (Å²) in [5.74, 6) is 0.0838. The zero-order chi connectivity index (χ0) is 29.5. The number of hydrogen-bond donors (Lipinski definition) is 3. The number of ether oxygens (including phenoxy) is 5. The molecule has 0 saturated heterocycles. The Morgan fingerprint density at radius 1 is 0.690 bits per heavy atom. The van der Waals surface area contributed by atoms with Gasteiger partial charge in [-0.2, -0.15) is 0 Å². The van der Waals surface area contributed by atoms with Gasteiger partial charge in [0.1, 0.15) is 57.8 Å². The molecular weight excluding hydrogens is 544 g/mol. The molecule has 4 aromatic rings. The van der Waals surface area contributed by atoms with Crippen molar-refractivity contribution < 1.29 is 48.6 Å². The lowest BCUT2D eigenvalue weighted by molar-refractivity contribution is 0.0833. The topological polar surface area (TPSA) is 141 Å². The van der Waals surface area contributed by atoms with Crippen LogP contribution in [0.1, 0.15) is 56.9 Å². The third-order valence-corrected chi connectivity index (χ3v) is 7.27. The number of phenols is 3. The van der Waals surface area contributed by atoms with E-state index < -0.39 is 18.0 Å². The van der Waals surface area contributed by atoms with E-state index in [2.05, 4.69) is 0 Å². The molecule has 2 unspecified atom stereocenters. The van der Waals surface area contributed by atoms with Crippen LogP contribution < -0.4 is 23.7 Å². The van der Waals surface area contributed by atoms with Gasteiger partial charge in [0.2, 0.25) is 5.75 Å². The van der Waals surface area contributed by atoms with E-state index in [1.807, 2.05) is 0 Å². The Balaban J connectivity index is 1.24. The van der Waals surface area contributed by atoms with Crippen LogP contribution in [-0.2, 0) is 0 Å². The summed E-state index contributed by atoms with van der Waals surface area (Å²) in [4.78, 5) is 25.9. The van der Waals surface area contributed by atoms with E-state index in [0.29, 0.717) is 22.6 Å². The van der Waals surface area contributed by atoms with E-state index in [1.165, 1.54) is 38.5 Å². The molecule has 42 heavy (non-hydrogen) atoms. The van der Waals surface area contributed by atoms with Gasteiger partial charge in [-0.05, 0) is 35.4 Å². The van der Waals surface area contributed by atoms with Crippen LogP contribution >= 0.6 is 0 Å². The van der Waals surface area contributed by atoms with Gasteiger partial charge >= 0.3 is 0 Å². The highest BCUT2D eigenvalue weighted by Gasteiger charge is 2.34. The smallest absolute Gasteiger partial charge is 0.211 e. The summed E-state index contributed by atoms with van der Waals surface area (Å²) in [7, 11) is 2.86. The van der Waals surface area contributed by atoms with Crippen LogP contribution in [0.25, 0.3) is 0 Å². The Morgan fingerprint density at radius 3 is 1.86 bits per heavy atom. The van der Waals surface area contributed by atoms with E-state index in [4.69, 9.17) is 23.7 Å². The van der Waals surface area contributed by atoms with Gasteiger partial charge in [-0.15, -0.1) is 0 Å². The molecule has 2 heterocycles. The van der Waals surface area contributed by atoms with Crippen molar-refractivity contribution in [2.75, 3.05) is 14.2 Å². The maximum Gasteiger partial charge on any atom is 0.211 e. The molecule has 0 aliphatic carbocycles. The summed E-state index contributed by atoms with van der Waals surface area (Å²) in [5.41, 5.74) is 1.50. The summed E-state index contributed by atoms with van der Waals surface area (Å²) in [5, 5.41) is 30.9. The highest BCUT2D eigenvalue weighted by atomic mass is 16.5. The molecule has 0 bridgehead atoms. The summed E-state index contributed by atoms with van der Waals surface area (Å²) < 4.78 is 28.6. The number of carbonyl (C=O) groups is 2. The lowest BCUT2D eigenvalue weighted by Gasteiger charge is -2.27. The van der Waals surface area contributed by atoms with Crippen molar-refractivity contribution in [2.45, 2.75) is 25.0 Å². The van der Waals surface area contributed by atoms with Crippen molar-refractivity contribution in [3.05, 3.63) is 89.0 Å². The molecular formula is C32H26O10. The Morgan fingerprint density at radius 2 is 1.26 bits per heavy atom. The molecule has 4 aromatic carbocycles. The lowest BCUT2D eigenvalue weighted by atomic mass is 9.95. The van der Waals surface area contributed by atoms with Gasteiger partial charge in [-0.3, -0.25) is 9.59 Å². The molecule has 0 fully saturated rings. The molecule has 0 amide bonds. The number of ketones is 2. The molecule has 214 valence electrons. The molecule has 2 aliphatic rings. The van der Waals surface area contributed by atoms with Gasteiger partial charge in [-0.25, -0.2) is 0 Å². The van der Waals surface area contributed by atoms with Crippen molar-refractivity contribution >= 4 is 11.6 Å². The minimum absolute atomic E-state index is 0.0103. The summed E-state index contributed by atoms with van der Waals surface area (Å²) >= 11 is 0. The minimum atomic E-state index is -0.603. The van der Waals surface area contributed by atoms with Crippen molar-refractivity contribution in [2.24, 2.45) is 0 Å². The Labute approximate surface area is 240 Å². The average Bonchev–Trinajstić information content (AvgIpc) is 2.98. The molecule has 0 aromatic heterocycles. The number of phenolic OH excluding ortho intramolecular Hbond substituents is 3. The fourth-order valence-electron chi connectivity index (χ4n) is 5.14. The monoisotopic (exact) mass is 570 g/mol. The predicted octanol–water partition coefficient (Wildman–Crippen LogP) is 6.03. The first-order valence-electron chi connectivity index (χ1n) is 13.1. The predicted molar refractivity (Wildman–Crippen MR) is 149 cm³/mol. The Kier molecular flexibility index (Phi) is 6.74. The Hall–Kier alpha value is -5.38. The van der Waals surface area contributed by atoms with Crippen LogP contribution in [0.15, 0.2) is 66.7 Å². The zero-order valence-corrected chi connectivity index (χ0v) is 22.6. The lowest BCUT2D eigenvalue weighted by Crippen LogP contribution is -2.21. The van der Waals surface area contributed by atoms with E-state index in [9.17, 15) is 24.9 Å². The summed E-state index contributed by atoms with van der Waals surface area (Å²) in [6.45, 7) is 0. The number of methoxy groups -OCH3 is 2. The first-order valence-corrected chi connectivity index (χ1v) is 13.1.